The summed E-state index contributed by atoms with van der Waals surface area (Å²) in [5, 5.41) is 6.38. The van der Waals surface area contributed by atoms with Crippen molar-refractivity contribution in [1.82, 2.24) is 15.6 Å². The highest BCUT2D eigenvalue weighted by Crippen LogP contribution is 2.30. The molecule has 1 aliphatic heterocycles. The first kappa shape index (κ1) is 19.2. The third-order valence-electron chi connectivity index (χ3n) is 4.62. The van der Waals surface area contributed by atoms with Gasteiger partial charge in [-0.1, -0.05) is 18.2 Å². The molecule has 3 rings (SSSR count). The molecule has 1 aliphatic rings. The number of amides is 1. The molecular weight excluding hydrogens is 342 g/mol. The predicted octanol–water partition coefficient (Wildman–Crippen LogP) is 3.28. The smallest absolute Gasteiger partial charge is 0.223 e. The fourth-order valence-electron chi connectivity index (χ4n) is 3.20. The molecular formula is C21H27N3O3. The van der Waals surface area contributed by atoms with Gasteiger partial charge in [-0.3, -0.25) is 4.79 Å². The van der Waals surface area contributed by atoms with Crippen LogP contribution in [0, 0.1) is 5.92 Å². The zero-order chi connectivity index (χ0) is 19.1. The van der Waals surface area contributed by atoms with Crippen LogP contribution in [-0.4, -0.2) is 30.1 Å². The number of hydrogen-bond acceptors (Lipinski definition) is 5. The van der Waals surface area contributed by atoms with Crippen LogP contribution in [0.5, 0.6) is 17.4 Å². The second-order valence-corrected chi connectivity index (χ2v) is 6.78. The Morgan fingerprint density at radius 3 is 2.78 bits per heavy atom. The third kappa shape index (κ3) is 5.44. The number of nitrogens with zero attached hydrogens (tertiary/aromatic N) is 1. The molecule has 2 aromatic rings. The van der Waals surface area contributed by atoms with Crippen molar-refractivity contribution in [3.63, 3.8) is 0 Å². The van der Waals surface area contributed by atoms with E-state index >= 15 is 0 Å². The fourth-order valence-corrected chi connectivity index (χ4v) is 3.20. The van der Waals surface area contributed by atoms with Crippen LogP contribution < -0.4 is 20.1 Å². The van der Waals surface area contributed by atoms with Crippen molar-refractivity contribution in [3.8, 4) is 17.4 Å². The Morgan fingerprint density at radius 1 is 1.26 bits per heavy atom. The molecule has 0 saturated carbocycles. The first-order chi connectivity index (χ1) is 13.2. The van der Waals surface area contributed by atoms with Crippen LogP contribution >= 0.6 is 0 Å². The quantitative estimate of drug-likeness (QED) is 0.784. The topological polar surface area (TPSA) is 72.5 Å². The number of carbonyl (C=O) groups excluding carboxylic acids is 1. The number of carbonyl (C=O) groups is 1. The minimum atomic E-state index is 0.0897. The molecule has 1 amide bonds. The monoisotopic (exact) mass is 369 g/mol. The highest BCUT2D eigenvalue weighted by atomic mass is 16.5. The summed E-state index contributed by atoms with van der Waals surface area (Å²) in [6.07, 6.45) is 3.50. The van der Waals surface area contributed by atoms with Crippen molar-refractivity contribution in [2.45, 2.75) is 39.3 Å². The normalized spacial score (nSPS) is 19.3. The van der Waals surface area contributed by atoms with E-state index in [4.69, 9.17) is 9.47 Å². The van der Waals surface area contributed by atoms with Gasteiger partial charge < -0.3 is 20.1 Å². The number of piperidine rings is 1. The van der Waals surface area contributed by atoms with E-state index in [9.17, 15) is 4.79 Å². The highest BCUT2D eigenvalue weighted by Gasteiger charge is 2.24. The molecule has 1 saturated heterocycles. The van der Waals surface area contributed by atoms with Crippen LogP contribution in [0.1, 0.15) is 32.3 Å². The zero-order valence-electron chi connectivity index (χ0n) is 15.9. The molecule has 1 fully saturated rings. The number of para-hydroxylation sites is 2. The molecule has 27 heavy (non-hydrogen) atoms. The maximum atomic E-state index is 12.3. The summed E-state index contributed by atoms with van der Waals surface area (Å²) in [5.41, 5.74) is 0.941. The van der Waals surface area contributed by atoms with E-state index in [1.54, 1.807) is 12.3 Å². The average molecular weight is 369 g/mol. The van der Waals surface area contributed by atoms with Crippen molar-refractivity contribution in [2.24, 2.45) is 5.92 Å². The van der Waals surface area contributed by atoms with E-state index in [0.29, 0.717) is 36.6 Å². The van der Waals surface area contributed by atoms with Gasteiger partial charge in [0.15, 0.2) is 11.5 Å². The molecule has 2 heterocycles. The number of ether oxygens (including phenoxy) is 2. The number of pyridine rings is 1. The van der Waals surface area contributed by atoms with Gasteiger partial charge in [0, 0.05) is 30.8 Å². The van der Waals surface area contributed by atoms with Crippen molar-refractivity contribution in [1.29, 1.82) is 0 Å². The molecule has 0 aliphatic carbocycles. The molecule has 2 N–H and O–H groups in total. The second kappa shape index (κ2) is 9.37. The van der Waals surface area contributed by atoms with Crippen LogP contribution in [0.2, 0.25) is 0 Å². The minimum Gasteiger partial charge on any atom is -0.490 e. The van der Waals surface area contributed by atoms with E-state index in [1.165, 1.54) is 0 Å². The van der Waals surface area contributed by atoms with Crippen LogP contribution in [0.3, 0.4) is 0 Å². The Bertz CT molecular complexity index is 749. The molecule has 0 spiro atoms. The van der Waals surface area contributed by atoms with Crippen LogP contribution in [0.15, 0.2) is 42.6 Å². The van der Waals surface area contributed by atoms with E-state index in [2.05, 4.69) is 22.5 Å². The predicted molar refractivity (Wildman–Crippen MR) is 104 cm³/mol. The molecule has 1 aromatic carbocycles. The Hall–Kier alpha value is -2.60. The second-order valence-electron chi connectivity index (χ2n) is 6.78. The lowest BCUT2D eigenvalue weighted by Crippen LogP contribution is -2.42. The maximum Gasteiger partial charge on any atom is 0.223 e. The summed E-state index contributed by atoms with van der Waals surface area (Å²) >= 11 is 0. The lowest BCUT2D eigenvalue weighted by atomic mass is 9.92. The first-order valence-electron chi connectivity index (χ1n) is 9.51. The van der Waals surface area contributed by atoms with Gasteiger partial charge >= 0.3 is 0 Å². The first-order valence-corrected chi connectivity index (χ1v) is 9.51. The van der Waals surface area contributed by atoms with E-state index in [1.807, 2.05) is 37.3 Å². The third-order valence-corrected chi connectivity index (χ3v) is 4.62. The average Bonchev–Trinajstić information content (AvgIpc) is 2.69. The minimum absolute atomic E-state index is 0.0897. The largest absolute Gasteiger partial charge is 0.490 e. The lowest BCUT2D eigenvalue weighted by molar-refractivity contribution is -0.126. The van der Waals surface area contributed by atoms with Gasteiger partial charge in [0.05, 0.1) is 6.61 Å². The van der Waals surface area contributed by atoms with Crippen LogP contribution in [-0.2, 0) is 11.3 Å². The molecule has 0 radical (unpaired) electrons. The van der Waals surface area contributed by atoms with E-state index in [0.717, 1.165) is 24.9 Å². The van der Waals surface area contributed by atoms with Crippen LogP contribution in [0.4, 0.5) is 0 Å². The lowest BCUT2D eigenvalue weighted by Gasteiger charge is -2.27. The van der Waals surface area contributed by atoms with Gasteiger partial charge in [0.1, 0.15) is 0 Å². The molecule has 1 aromatic heterocycles. The van der Waals surface area contributed by atoms with Gasteiger partial charge in [0.2, 0.25) is 11.8 Å². The highest BCUT2D eigenvalue weighted by molar-refractivity contribution is 5.78. The summed E-state index contributed by atoms with van der Waals surface area (Å²) in [6.45, 7) is 5.99. The molecule has 0 unspecified atom stereocenters. The summed E-state index contributed by atoms with van der Waals surface area (Å²) < 4.78 is 11.4. The van der Waals surface area contributed by atoms with Crippen molar-refractivity contribution >= 4 is 5.91 Å². The molecule has 6 nitrogen and oxygen atoms in total. The Labute approximate surface area is 160 Å². The van der Waals surface area contributed by atoms with Gasteiger partial charge in [-0.25, -0.2) is 4.98 Å². The number of rotatable bonds is 7. The molecule has 0 bridgehead atoms. The fraction of sp³-hybridized carbons (Fsp3) is 0.429. The van der Waals surface area contributed by atoms with Gasteiger partial charge in [0.25, 0.3) is 0 Å². The number of nitrogens with one attached hydrogen (secondary N) is 2. The van der Waals surface area contributed by atoms with Crippen molar-refractivity contribution in [2.75, 3.05) is 13.2 Å². The molecule has 144 valence electrons. The number of hydrogen-bond donors (Lipinski definition) is 2. The zero-order valence-corrected chi connectivity index (χ0v) is 15.9. The number of benzene rings is 1. The van der Waals surface area contributed by atoms with E-state index < -0.39 is 0 Å². The molecule has 6 heteroatoms. The standard InChI is InChI=1S/C21H27N3O3/c1-3-26-18-6-4-5-7-19(18)27-20-9-8-16(13-23-20)14-24-21(25)17-10-11-22-15(2)12-17/h4-9,13,15,17,22H,3,10-12,14H2,1-2H3,(H,24,25)/t15-,17-/m0/s1. The maximum absolute atomic E-state index is 12.3. The Kier molecular flexibility index (Phi) is 6.65. The summed E-state index contributed by atoms with van der Waals surface area (Å²) in [6, 6.07) is 11.6. The van der Waals surface area contributed by atoms with Crippen molar-refractivity contribution in [3.05, 3.63) is 48.2 Å². The summed E-state index contributed by atoms with van der Waals surface area (Å²) in [7, 11) is 0. The summed E-state index contributed by atoms with van der Waals surface area (Å²) in [5.74, 6) is 2.02. The van der Waals surface area contributed by atoms with Gasteiger partial charge in [-0.15, -0.1) is 0 Å². The Balaban J connectivity index is 1.54. The molecule has 2 atom stereocenters. The summed E-state index contributed by atoms with van der Waals surface area (Å²) in [4.78, 5) is 16.7. The van der Waals surface area contributed by atoms with Crippen LogP contribution in [0.25, 0.3) is 0 Å². The Morgan fingerprint density at radius 2 is 2.07 bits per heavy atom. The van der Waals surface area contributed by atoms with Gasteiger partial charge in [-0.2, -0.15) is 0 Å². The number of aromatic nitrogens is 1. The van der Waals surface area contributed by atoms with Crippen molar-refractivity contribution < 1.29 is 14.3 Å². The van der Waals surface area contributed by atoms with E-state index in [-0.39, 0.29) is 11.8 Å². The SMILES string of the molecule is CCOc1ccccc1Oc1ccc(CNC(=O)[C@H]2CCN[C@@H](C)C2)cn1. The van der Waals surface area contributed by atoms with Gasteiger partial charge in [-0.05, 0) is 50.9 Å².